The standard InChI is InChI=1S/C15H15ClF2N2O2/c1-2-21-13-7-10(3-4-12(13)22-15(17)18)9-20-11-5-6-19-14(16)8-11/h3-8,15H,2,9H2,1H3,(H,19,20). The molecule has 0 radical (unpaired) electrons. The Morgan fingerprint density at radius 3 is 2.73 bits per heavy atom. The van der Waals surface area contributed by atoms with Gasteiger partial charge in [-0.2, -0.15) is 8.78 Å². The van der Waals surface area contributed by atoms with Gasteiger partial charge in [0, 0.05) is 18.4 Å². The first kappa shape index (κ1) is 16.3. The summed E-state index contributed by atoms with van der Waals surface area (Å²) in [5, 5.41) is 3.55. The molecule has 0 bridgehead atoms. The Morgan fingerprint density at radius 1 is 1.23 bits per heavy atom. The van der Waals surface area contributed by atoms with Gasteiger partial charge in [-0.05, 0) is 36.8 Å². The lowest BCUT2D eigenvalue weighted by Crippen LogP contribution is -2.06. The lowest BCUT2D eigenvalue weighted by Gasteiger charge is -2.13. The SMILES string of the molecule is CCOc1cc(CNc2ccnc(Cl)c2)ccc1OC(F)F. The summed E-state index contributed by atoms with van der Waals surface area (Å²) >= 11 is 5.80. The number of aromatic nitrogens is 1. The molecule has 0 amide bonds. The molecule has 7 heteroatoms. The zero-order valence-corrected chi connectivity index (χ0v) is 12.6. The maximum atomic E-state index is 12.3. The topological polar surface area (TPSA) is 43.4 Å². The van der Waals surface area contributed by atoms with Gasteiger partial charge in [0.15, 0.2) is 11.5 Å². The Hall–Kier alpha value is -2.08. The summed E-state index contributed by atoms with van der Waals surface area (Å²) in [4.78, 5) is 3.89. The minimum atomic E-state index is -2.89. The summed E-state index contributed by atoms with van der Waals surface area (Å²) in [5.74, 6) is 0.308. The number of nitrogens with one attached hydrogen (secondary N) is 1. The van der Waals surface area contributed by atoms with E-state index in [1.54, 1.807) is 37.4 Å². The fourth-order valence-corrected chi connectivity index (χ4v) is 2.01. The number of anilines is 1. The highest BCUT2D eigenvalue weighted by atomic mass is 35.5. The van der Waals surface area contributed by atoms with E-state index in [0.717, 1.165) is 11.3 Å². The number of benzene rings is 1. The summed E-state index contributed by atoms with van der Waals surface area (Å²) in [7, 11) is 0. The largest absolute Gasteiger partial charge is 0.490 e. The van der Waals surface area contributed by atoms with Crippen LogP contribution < -0.4 is 14.8 Å². The fourth-order valence-electron chi connectivity index (χ4n) is 1.84. The van der Waals surface area contributed by atoms with E-state index < -0.39 is 6.61 Å². The van der Waals surface area contributed by atoms with Crippen molar-refractivity contribution in [1.82, 2.24) is 4.98 Å². The van der Waals surface area contributed by atoms with E-state index >= 15 is 0 Å². The average molecular weight is 329 g/mol. The van der Waals surface area contributed by atoms with Crippen LogP contribution >= 0.6 is 11.6 Å². The van der Waals surface area contributed by atoms with Crippen LogP contribution in [0.2, 0.25) is 5.15 Å². The predicted molar refractivity (Wildman–Crippen MR) is 80.8 cm³/mol. The summed E-state index contributed by atoms with van der Waals surface area (Å²) in [5.41, 5.74) is 1.67. The molecule has 0 aliphatic heterocycles. The van der Waals surface area contributed by atoms with Crippen LogP contribution in [0.1, 0.15) is 12.5 Å². The van der Waals surface area contributed by atoms with Crippen LogP contribution in [0.15, 0.2) is 36.5 Å². The second-order valence-corrected chi connectivity index (χ2v) is 4.70. The van der Waals surface area contributed by atoms with Crippen molar-refractivity contribution in [2.75, 3.05) is 11.9 Å². The van der Waals surface area contributed by atoms with Crippen molar-refractivity contribution in [3.05, 3.63) is 47.2 Å². The monoisotopic (exact) mass is 328 g/mol. The Labute approximate surface area is 132 Å². The van der Waals surface area contributed by atoms with Crippen molar-refractivity contribution in [2.24, 2.45) is 0 Å². The molecule has 0 saturated heterocycles. The molecule has 22 heavy (non-hydrogen) atoms. The number of pyridine rings is 1. The first-order valence-corrected chi connectivity index (χ1v) is 7.02. The number of hydrogen-bond acceptors (Lipinski definition) is 4. The molecule has 1 aromatic carbocycles. The third-order valence-electron chi connectivity index (χ3n) is 2.75. The van der Waals surface area contributed by atoms with Crippen LogP contribution in [-0.4, -0.2) is 18.2 Å². The summed E-state index contributed by atoms with van der Waals surface area (Å²) < 4.78 is 34.4. The molecule has 2 rings (SSSR count). The molecular weight excluding hydrogens is 314 g/mol. The van der Waals surface area contributed by atoms with Crippen LogP contribution in [-0.2, 0) is 6.54 Å². The lowest BCUT2D eigenvalue weighted by atomic mass is 10.2. The molecule has 0 fully saturated rings. The highest BCUT2D eigenvalue weighted by molar-refractivity contribution is 6.29. The number of hydrogen-bond donors (Lipinski definition) is 1. The summed E-state index contributed by atoms with van der Waals surface area (Å²) in [6.45, 7) is -0.274. The molecular formula is C15H15ClF2N2O2. The molecule has 2 aromatic rings. The van der Waals surface area contributed by atoms with Gasteiger partial charge in [-0.3, -0.25) is 0 Å². The van der Waals surface area contributed by atoms with Crippen LogP contribution in [0, 0.1) is 0 Å². The highest BCUT2D eigenvalue weighted by Gasteiger charge is 2.11. The third kappa shape index (κ3) is 4.73. The van der Waals surface area contributed by atoms with Crippen molar-refractivity contribution in [3.63, 3.8) is 0 Å². The molecule has 0 atom stereocenters. The van der Waals surface area contributed by atoms with E-state index in [2.05, 4.69) is 15.0 Å². The molecule has 0 aliphatic rings. The molecule has 4 nitrogen and oxygen atoms in total. The minimum absolute atomic E-state index is 0.0209. The molecule has 118 valence electrons. The van der Waals surface area contributed by atoms with Crippen LogP contribution in [0.25, 0.3) is 0 Å². The minimum Gasteiger partial charge on any atom is -0.490 e. The second-order valence-electron chi connectivity index (χ2n) is 4.31. The van der Waals surface area contributed by atoms with Crippen molar-refractivity contribution in [2.45, 2.75) is 20.1 Å². The number of alkyl halides is 2. The van der Waals surface area contributed by atoms with E-state index in [-0.39, 0.29) is 11.5 Å². The van der Waals surface area contributed by atoms with E-state index in [9.17, 15) is 8.78 Å². The maximum Gasteiger partial charge on any atom is 0.387 e. The Kier molecular flexibility index (Phi) is 5.77. The second kappa shape index (κ2) is 7.79. The highest BCUT2D eigenvalue weighted by Crippen LogP contribution is 2.30. The van der Waals surface area contributed by atoms with Gasteiger partial charge in [-0.25, -0.2) is 4.98 Å². The normalized spacial score (nSPS) is 10.6. The zero-order valence-electron chi connectivity index (χ0n) is 11.9. The number of ether oxygens (including phenoxy) is 2. The molecule has 0 aliphatic carbocycles. The van der Waals surface area contributed by atoms with Crippen LogP contribution in [0.5, 0.6) is 11.5 Å². The van der Waals surface area contributed by atoms with Crippen molar-refractivity contribution in [3.8, 4) is 11.5 Å². The maximum absolute atomic E-state index is 12.3. The zero-order chi connectivity index (χ0) is 15.9. The van der Waals surface area contributed by atoms with E-state index in [1.807, 2.05) is 0 Å². The Bertz CT molecular complexity index is 626. The lowest BCUT2D eigenvalue weighted by molar-refractivity contribution is -0.0514. The Morgan fingerprint density at radius 2 is 2.05 bits per heavy atom. The van der Waals surface area contributed by atoms with Gasteiger partial charge < -0.3 is 14.8 Å². The van der Waals surface area contributed by atoms with Gasteiger partial charge in [-0.1, -0.05) is 17.7 Å². The molecule has 1 aromatic heterocycles. The summed E-state index contributed by atoms with van der Waals surface area (Å²) in [6, 6.07) is 8.30. The van der Waals surface area contributed by atoms with Crippen LogP contribution in [0.4, 0.5) is 14.5 Å². The average Bonchev–Trinajstić information content (AvgIpc) is 2.47. The number of halogens is 3. The molecule has 1 N–H and O–H groups in total. The van der Waals surface area contributed by atoms with Gasteiger partial charge in [0.2, 0.25) is 0 Å². The first-order valence-electron chi connectivity index (χ1n) is 6.64. The predicted octanol–water partition coefficient (Wildman–Crippen LogP) is 4.35. The van der Waals surface area contributed by atoms with Crippen molar-refractivity contribution >= 4 is 17.3 Å². The Balaban J connectivity index is 2.09. The number of nitrogens with zero attached hydrogens (tertiary/aromatic N) is 1. The number of rotatable bonds is 7. The molecule has 0 saturated carbocycles. The molecule has 0 spiro atoms. The van der Waals surface area contributed by atoms with Crippen molar-refractivity contribution in [1.29, 1.82) is 0 Å². The fraction of sp³-hybridized carbons (Fsp3) is 0.267. The van der Waals surface area contributed by atoms with Gasteiger partial charge in [0.05, 0.1) is 6.61 Å². The van der Waals surface area contributed by atoms with Crippen LogP contribution in [0.3, 0.4) is 0 Å². The van der Waals surface area contributed by atoms with E-state index in [4.69, 9.17) is 16.3 Å². The van der Waals surface area contributed by atoms with Crippen molar-refractivity contribution < 1.29 is 18.3 Å². The molecule has 1 heterocycles. The molecule has 0 unspecified atom stereocenters. The van der Waals surface area contributed by atoms with Gasteiger partial charge in [0.25, 0.3) is 0 Å². The first-order chi connectivity index (χ1) is 10.6. The van der Waals surface area contributed by atoms with Gasteiger partial charge >= 0.3 is 6.61 Å². The summed E-state index contributed by atoms with van der Waals surface area (Å²) in [6.07, 6.45) is 1.59. The van der Waals surface area contributed by atoms with Gasteiger partial charge in [-0.15, -0.1) is 0 Å². The quantitative estimate of drug-likeness (QED) is 0.767. The van der Waals surface area contributed by atoms with E-state index in [1.165, 1.54) is 6.07 Å². The van der Waals surface area contributed by atoms with Gasteiger partial charge in [0.1, 0.15) is 5.15 Å². The van der Waals surface area contributed by atoms with E-state index in [0.29, 0.717) is 18.3 Å². The smallest absolute Gasteiger partial charge is 0.387 e. The third-order valence-corrected chi connectivity index (χ3v) is 2.95.